The minimum Gasteiger partial charge on any atom is -0.458 e. The fourth-order valence-electron chi connectivity index (χ4n) is 3.64. The number of hydrogen-bond acceptors (Lipinski definition) is 7. The Balaban J connectivity index is 3.32. The van der Waals surface area contributed by atoms with Crippen molar-refractivity contribution in [2.75, 3.05) is 7.11 Å². The molecule has 0 heterocycles. The first-order valence-corrected chi connectivity index (χ1v) is 16.1. The monoisotopic (exact) mass is 551 g/mol. The Morgan fingerprint density at radius 3 is 1.95 bits per heavy atom. The molecule has 0 saturated heterocycles. The summed E-state index contributed by atoms with van der Waals surface area (Å²) in [6, 6.07) is 8.61. The van der Waals surface area contributed by atoms with Gasteiger partial charge in [0.05, 0.1) is 12.2 Å². The molecule has 0 aliphatic rings. The second kappa shape index (κ2) is 13.7. The predicted molar refractivity (Wildman–Crippen MR) is 152 cm³/mol. The smallest absolute Gasteiger partial charge is 0.408 e. The van der Waals surface area contributed by atoms with Crippen LogP contribution in [0, 0.1) is 5.92 Å². The Kier molecular flexibility index (Phi) is 12.2. The number of ether oxygens (including phenoxy) is 3. The van der Waals surface area contributed by atoms with Gasteiger partial charge >= 0.3 is 12.1 Å². The zero-order valence-electron chi connectivity index (χ0n) is 25.3. The second-order valence-corrected chi connectivity index (χ2v) is 17.2. The number of carbonyl (C=O) groups excluding carboxylic acids is 3. The van der Waals surface area contributed by atoms with E-state index in [0.717, 1.165) is 5.56 Å². The lowest BCUT2D eigenvalue weighted by Crippen LogP contribution is -2.54. The lowest BCUT2D eigenvalue weighted by Gasteiger charge is -2.43. The number of nitrogens with one attached hydrogen (secondary N) is 1. The first-order chi connectivity index (χ1) is 17.3. The van der Waals surface area contributed by atoms with Gasteiger partial charge in [0.15, 0.2) is 14.4 Å². The maximum Gasteiger partial charge on any atom is 0.408 e. The highest BCUT2D eigenvalue weighted by Crippen LogP contribution is 2.39. The van der Waals surface area contributed by atoms with E-state index in [1.54, 1.807) is 41.5 Å². The molecule has 1 aromatic carbocycles. The molecule has 38 heavy (non-hydrogen) atoms. The number of carbonyl (C=O) groups is 3. The third-order valence-electron chi connectivity index (χ3n) is 6.99. The molecule has 1 N–H and O–H groups in total. The number of methoxy groups -OCH3 is 1. The van der Waals surface area contributed by atoms with Gasteiger partial charge in [0, 0.05) is 13.0 Å². The second-order valence-electron chi connectivity index (χ2n) is 12.5. The average Bonchev–Trinajstić information content (AvgIpc) is 2.77. The molecule has 0 aromatic heterocycles. The van der Waals surface area contributed by atoms with E-state index in [0.29, 0.717) is 6.42 Å². The first-order valence-electron chi connectivity index (χ1n) is 13.2. The summed E-state index contributed by atoms with van der Waals surface area (Å²) in [4.78, 5) is 38.8. The summed E-state index contributed by atoms with van der Waals surface area (Å²) in [6.07, 6.45) is -2.45. The van der Waals surface area contributed by atoms with Gasteiger partial charge < -0.3 is 24.0 Å². The normalized spacial score (nSPS) is 16.5. The molecule has 1 amide bonds. The van der Waals surface area contributed by atoms with Crippen LogP contribution < -0.4 is 5.32 Å². The lowest BCUT2D eigenvalue weighted by molar-refractivity contribution is -0.162. The maximum atomic E-state index is 13.4. The van der Waals surface area contributed by atoms with Crippen LogP contribution in [0.4, 0.5) is 4.79 Å². The van der Waals surface area contributed by atoms with Crippen molar-refractivity contribution < 1.29 is 33.0 Å². The minimum absolute atomic E-state index is 0.0471. The van der Waals surface area contributed by atoms with E-state index in [9.17, 15) is 14.4 Å². The summed E-state index contributed by atoms with van der Waals surface area (Å²) < 4.78 is 23.4. The summed E-state index contributed by atoms with van der Waals surface area (Å²) in [6.45, 7) is 20.7. The molecule has 0 spiro atoms. The van der Waals surface area contributed by atoms with Gasteiger partial charge in [0.25, 0.3) is 0 Å². The van der Waals surface area contributed by atoms with E-state index in [1.165, 1.54) is 7.11 Å². The Morgan fingerprint density at radius 2 is 1.50 bits per heavy atom. The largest absolute Gasteiger partial charge is 0.458 e. The van der Waals surface area contributed by atoms with Crippen LogP contribution in [0.25, 0.3) is 0 Å². The fourth-order valence-corrected chi connectivity index (χ4v) is 5.03. The van der Waals surface area contributed by atoms with Gasteiger partial charge in [-0.15, -0.1) is 0 Å². The molecular weight excluding hydrogens is 502 g/mol. The molecule has 0 aliphatic carbocycles. The van der Waals surface area contributed by atoms with E-state index >= 15 is 0 Å². The Morgan fingerprint density at radius 1 is 0.947 bits per heavy atom. The Hall–Kier alpha value is -2.23. The van der Waals surface area contributed by atoms with Crippen LogP contribution in [0.5, 0.6) is 0 Å². The summed E-state index contributed by atoms with van der Waals surface area (Å²) in [5, 5.41) is 2.44. The molecule has 0 unspecified atom stereocenters. The van der Waals surface area contributed by atoms with Gasteiger partial charge in [0.1, 0.15) is 17.5 Å². The summed E-state index contributed by atoms with van der Waals surface area (Å²) in [7, 11) is -0.930. The van der Waals surface area contributed by atoms with Crippen LogP contribution >= 0.6 is 0 Å². The minimum atomic E-state index is -2.37. The quantitative estimate of drug-likeness (QED) is 0.263. The van der Waals surface area contributed by atoms with Crippen LogP contribution in [0.1, 0.15) is 67.9 Å². The molecule has 0 saturated carbocycles. The molecule has 0 fully saturated rings. The topological polar surface area (TPSA) is 100 Å². The molecule has 1 rings (SSSR count). The molecule has 0 aliphatic heterocycles. The summed E-state index contributed by atoms with van der Waals surface area (Å²) in [5.41, 5.74) is 0.253. The van der Waals surface area contributed by atoms with E-state index < -0.39 is 56.3 Å². The van der Waals surface area contributed by atoms with E-state index in [2.05, 4.69) is 39.2 Å². The standard InChI is InChI=1S/C29H49NO7Si/c1-19(31)23(18-22-16-14-13-15-17-22)25(37-38(11,12)29(7,8)9)21(3)35-26(32)24(20(2)34-10)30-27(33)36-28(4,5)6/h13-17,20-21,23-25H,18H2,1-12H3,(H,30,33)/t20-,21-,23-,24-,25-/m0/s1. The van der Waals surface area contributed by atoms with Crippen molar-refractivity contribution in [3.8, 4) is 0 Å². The third-order valence-corrected chi connectivity index (χ3v) is 11.5. The van der Waals surface area contributed by atoms with Crippen molar-refractivity contribution >= 4 is 26.2 Å². The highest BCUT2D eigenvalue weighted by molar-refractivity contribution is 6.74. The number of benzene rings is 1. The molecule has 216 valence electrons. The third kappa shape index (κ3) is 10.5. The Labute approximate surface area is 230 Å². The maximum absolute atomic E-state index is 13.4. The van der Waals surface area contributed by atoms with Gasteiger partial charge in [-0.3, -0.25) is 4.79 Å². The van der Waals surface area contributed by atoms with E-state index in [-0.39, 0.29) is 10.8 Å². The van der Waals surface area contributed by atoms with Crippen molar-refractivity contribution in [1.82, 2.24) is 5.32 Å². The molecule has 0 radical (unpaired) electrons. The molecule has 5 atom stereocenters. The fraction of sp³-hybridized carbons (Fsp3) is 0.690. The number of alkyl carbamates (subject to hydrolysis) is 1. The SMILES string of the molecule is CO[C@@H](C)[C@H](NC(=O)OC(C)(C)C)C(=O)O[C@@H](C)[C@H](O[Si](C)(C)C(C)(C)C)[C@@H](Cc1ccccc1)C(C)=O. The number of amides is 1. The van der Waals surface area contributed by atoms with Crippen molar-refractivity contribution in [2.24, 2.45) is 5.92 Å². The molecule has 9 heteroatoms. The van der Waals surface area contributed by atoms with Crippen molar-refractivity contribution in [1.29, 1.82) is 0 Å². The van der Waals surface area contributed by atoms with E-state index in [1.807, 2.05) is 30.3 Å². The van der Waals surface area contributed by atoms with Gasteiger partial charge in [-0.25, -0.2) is 9.59 Å². The van der Waals surface area contributed by atoms with Crippen LogP contribution in [-0.4, -0.2) is 63.2 Å². The number of rotatable bonds is 12. The van der Waals surface area contributed by atoms with Crippen molar-refractivity contribution in [3.63, 3.8) is 0 Å². The number of hydrogen-bond donors (Lipinski definition) is 1. The van der Waals surface area contributed by atoms with Crippen LogP contribution in [0.3, 0.4) is 0 Å². The lowest BCUT2D eigenvalue weighted by atomic mass is 9.88. The first kappa shape index (κ1) is 33.8. The molecular formula is C29H49NO7Si. The Bertz CT molecular complexity index is 921. The van der Waals surface area contributed by atoms with Gasteiger partial charge in [-0.1, -0.05) is 51.1 Å². The molecule has 8 nitrogen and oxygen atoms in total. The highest BCUT2D eigenvalue weighted by atomic mass is 28.4. The van der Waals surface area contributed by atoms with Crippen LogP contribution in [0.15, 0.2) is 30.3 Å². The zero-order chi connectivity index (χ0) is 29.5. The zero-order valence-corrected chi connectivity index (χ0v) is 26.3. The summed E-state index contributed by atoms with van der Waals surface area (Å²) in [5.74, 6) is -1.27. The number of Topliss-reactive ketones (excluding diaryl/α,β-unsaturated/α-hetero) is 1. The van der Waals surface area contributed by atoms with Gasteiger partial charge in [0.2, 0.25) is 0 Å². The van der Waals surface area contributed by atoms with Gasteiger partial charge in [-0.05, 0) is 71.7 Å². The molecule has 0 bridgehead atoms. The van der Waals surface area contributed by atoms with E-state index in [4.69, 9.17) is 18.6 Å². The van der Waals surface area contributed by atoms with Crippen molar-refractivity contribution in [2.45, 2.75) is 117 Å². The summed E-state index contributed by atoms with van der Waals surface area (Å²) >= 11 is 0. The van der Waals surface area contributed by atoms with Crippen LogP contribution in [0.2, 0.25) is 18.1 Å². The number of ketones is 1. The van der Waals surface area contributed by atoms with Crippen molar-refractivity contribution in [3.05, 3.63) is 35.9 Å². The van der Waals surface area contributed by atoms with Gasteiger partial charge in [-0.2, -0.15) is 0 Å². The number of esters is 1. The van der Waals surface area contributed by atoms with Crippen LogP contribution in [-0.2, 0) is 34.6 Å². The predicted octanol–water partition coefficient (Wildman–Crippen LogP) is 5.68. The average molecular weight is 552 g/mol. The molecule has 1 aromatic rings. The highest BCUT2D eigenvalue weighted by Gasteiger charge is 2.44.